The highest BCUT2D eigenvalue weighted by molar-refractivity contribution is 9.10. The van der Waals surface area contributed by atoms with Crippen LogP contribution in [0.15, 0.2) is 22.7 Å². The van der Waals surface area contributed by atoms with Gasteiger partial charge in [0.05, 0.1) is 12.2 Å². The molecule has 0 radical (unpaired) electrons. The lowest BCUT2D eigenvalue weighted by molar-refractivity contribution is 0.0497. The Labute approximate surface area is 153 Å². The smallest absolute Gasteiger partial charge is 0.438 e. The highest BCUT2D eigenvalue weighted by Crippen LogP contribution is 2.36. The molecule has 0 unspecified atom stereocenters. The van der Waals surface area contributed by atoms with Crippen molar-refractivity contribution in [1.82, 2.24) is 9.78 Å². The van der Waals surface area contributed by atoms with Crippen LogP contribution in [0.25, 0.3) is 11.3 Å². The van der Waals surface area contributed by atoms with Gasteiger partial charge in [-0.05, 0) is 55.8 Å². The molecule has 2 aromatic rings. The number of carbonyl (C=O) groups excluding carboxylic acids is 1. The first kappa shape index (κ1) is 18.9. The van der Waals surface area contributed by atoms with E-state index in [9.17, 15) is 9.18 Å². The molecule has 132 valence electrons. The quantitative estimate of drug-likeness (QED) is 0.745. The van der Waals surface area contributed by atoms with Gasteiger partial charge in [0.25, 0.3) is 0 Å². The number of halogens is 2. The zero-order valence-corrected chi connectivity index (χ0v) is 15.8. The predicted molar refractivity (Wildman–Crippen MR) is 92.8 cm³/mol. The SMILES string of the molecule is CCOc1c(Br)c(-c2ccc(C#N)c(F)c2)nn1C(=O)OC(C)(C)C. The summed E-state index contributed by atoms with van der Waals surface area (Å²) in [6, 6.07) is 5.84. The molecule has 1 heterocycles. The molecule has 0 spiro atoms. The normalized spacial score (nSPS) is 11.1. The Kier molecular flexibility index (Phi) is 5.48. The topological polar surface area (TPSA) is 77.1 Å². The van der Waals surface area contributed by atoms with Crippen LogP contribution in [0.2, 0.25) is 0 Å². The third kappa shape index (κ3) is 4.17. The summed E-state index contributed by atoms with van der Waals surface area (Å²) in [6.45, 7) is 7.27. The van der Waals surface area contributed by atoms with Gasteiger partial charge >= 0.3 is 6.09 Å². The van der Waals surface area contributed by atoms with Gasteiger partial charge in [-0.1, -0.05) is 6.07 Å². The molecule has 0 N–H and O–H groups in total. The summed E-state index contributed by atoms with van der Waals surface area (Å²) in [5.74, 6) is -0.506. The number of hydrogen-bond donors (Lipinski definition) is 0. The van der Waals surface area contributed by atoms with Crippen molar-refractivity contribution >= 4 is 22.0 Å². The number of aromatic nitrogens is 2. The van der Waals surface area contributed by atoms with Gasteiger partial charge in [0, 0.05) is 5.56 Å². The van der Waals surface area contributed by atoms with E-state index >= 15 is 0 Å². The molecular formula is C17H17BrFN3O3. The molecular weight excluding hydrogens is 393 g/mol. The Balaban J connectivity index is 2.54. The average molecular weight is 410 g/mol. The maximum absolute atomic E-state index is 13.9. The lowest BCUT2D eigenvalue weighted by Crippen LogP contribution is -2.28. The standard InChI is InChI=1S/C17H17BrFN3O3/c1-5-24-15-13(18)14(10-6-7-11(9-20)12(19)8-10)21-22(15)16(23)25-17(2,3)4/h6-8H,5H2,1-4H3. The zero-order valence-electron chi connectivity index (χ0n) is 14.3. The van der Waals surface area contributed by atoms with Crippen LogP contribution in [-0.2, 0) is 4.74 Å². The van der Waals surface area contributed by atoms with Crippen molar-refractivity contribution in [3.8, 4) is 23.2 Å². The number of rotatable bonds is 3. The monoisotopic (exact) mass is 409 g/mol. The lowest BCUT2D eigenvalue weighted by atomic mass is 10.1. The molecule has 8 heteroatoms. The molecule has 0 saturated heterocycles. The maximum Gasteiger partial charge on any atom is 0.438 e. The molecule has 0 saturated carbocycles. The second kappa shape index (κ2) is 7.23. The van der Waals surface area contributed by atoms with Crippen LogP contribution >= 0.6 is 15.9 Å². The van der Waals surface area contributed by atoms with E-state index in [1.165, 1.54) is 12.1 Å². The van der Waals surface area contributed by atoms with Crippen molar-refractivity contribution in [2.45, 2.75) is 33.3 Å². The number of ether oxygens (including phenoxy) is 2. The maximum atomic E-state index is 13.9. The Bertz CT molecular complexity index is 850. The molecule has 6 nitrogen and oxygen atoms in total. The molecule has 0 fully saturated rings. The van der Waals surface area contributed by atoms with E-state index in [0.717, 1.165) is 4.68 Å². The van der Waals surface area contributed by atoms with E-state index in [2.05, 4.69) is 21.0 Å². The van der Waals surface area contributed by atoms with Crippen molar-refractivity contribution in [1.29, 1.82) is 5.26 Å². The molecule has 1 aromatic carbocycles. The molecule has 0 aliphatic carbocycles. The lowest BCUT2D eigenvalue weighted by Gasteiger charge is -2.19. The first-order valence-corrected chi connectivity index (χ1v) is 8.32. The highest BCUT2D eigenvalue weighted by Gasteiger charge is 2.27. The summed E-state index contributed by atoms with van der Waals surface area (Å²) in [5, 5.41) is 13.0. The molecule has 0 bridgehead atoms. The van der Waals surface area contributed by atoms with Crippen LogP contribution in [0.5, 0.6) is 5.88 Å². The number of hydrogen-bond acceptors (Lipinski definition) is 5. The molecule has 0 aliphatic heterocycles. The summed E-state index contributed by atoms with van der Waals surface area (Å²) in [6.07, 6.45) is -0.711. The van der Waals surface area contributed by atoms with E-state index in [0.29, 0.717) is 22.3 Å². The minimum absolute atomic E-state index is 0.0727. The minimum Gasteiger partial charge on any atom is -0.477 e. The van der Waals surface area contributed by atoms with Gasteiger partial charge in [-0.3, -0.25) is 0 Å². The fourth-order valence-electron chi connectivity index (χ4n) is 2.01. The van der Waals surface area contributed by atoms with Gasteiger partial charge in [0.1, 0.15) is 27.7 Å². The van der Waals surface area contributed by atoms with Crippen LogP contribution in [0.3, 0.4) is 0 Å². The molecule has 25 heavy (non-hydrogen) atoms. The van der Waals surface area contributed by atoms with E-state index < -0.39 is 17.5 Å². The molecule has 1 aromatic heterocycles. The van der Waals surface area contributed by atoms with Crippen molar-refractivity contribution in [3.63, 3.8) is 0 Å². The number of benzene rings is 1. The van der Waals surface area contributed by atoms with Gasteiger partial charge < -0.3 is 9.47 Å². The second-order valence-electron chi connectivity index (χ2n) is 6.10. The van der Waals surface area contributed by atoms with Crippen LogP contribution in [0.1, 0.15) is 33.3 Å². The first-order valence-electron chi connectivity index (χ1n) is 7.52. The van der Waals surface area contributed by atoms with Crippen molar-refractivity contribution in [3.05, 3.63) is 34.1 Å². The van der Waals surface area contributed by atoms with E-state index in [1.54, 1.807) is 39.8 Å². The van der Waals surface area contributed by atoms with Crippen LogP contribution in [-0.4, -0.2) is 28.1 Å². The zero-order chi connectivity index (χ0) is 18.8. The Hall–Kier alpha value is -2.40. The van der Waals surface area contributed by atoms with Gasteiger partial charge in [0.15, 0.2) is 0 Å². The van der Waals surface area contributed by atoms with Crippen LogP contribution < -0.4 is 4.74 Å². The molecule has 0 aliphatic rings. The number of carbonyl (C=O) groups is 1. The summed E-state index contributed by atoms with van der Waals surface area (Å²) in [5.41, 5.74) is -0.0829. The van der Waals surface area contributed by atoms with Crippen LogP contribution in [0.4, 0.5) is 9.18 Å². The number of nitriles is 1. The van der Waals surface area contributed by atoms with Crippen molar-refractivity contribution in [2.75, 3.05) is 6.61 Å². The van der Waals surface area contributed by atoms with E-state index in [1.807, 2.05) is 0 Å². The van der Waals surface area contributed by atoms with Crippen molar-refractivity contribution in [2.24, 2.45) is 0 Å². The predicted octanol–water partition coefficient (Wildman–Crippen LogP) is 4.51. The second-order valence-corrected chi connectivity index (χ2v) is 6.89. The van der Waals surface area contributed by atoms with Gasteiger partial charge in [-0.25, -0.2) is 9.18 Å². The molecule has 2 rings (SSSR count). The fourth-order valence-corrected chi connectivity index (χ4v) is 2.60. The molecule has 0 atom stereocenters. The fraction of sp³-hybridized carbons (Fsp3) is 0.353. The Morgan fingerprint density at radius 1 is 1.44 bits per heavy atom. The third-order valence-corrected chi connectivity index (χ3v) is 3.71. The summed E-state index contributed by atoms with van der Waals surface area (Å²) in [7, 11) is 0. The minimum atomic E-state index is -0.711. The van der Waals surface area contributed by atoms with Gasteiger partial charge in [-0.15, -0.1) is 4.68 Å². The van der Waals surface area contributed by atoms with Gasteiger partial charge in [0.2, 0.25) is 5.88 Å². The summed E-state index contributed by atoms with van der Waals surface area (Å²) < 4.78 is 26.1. The Morgan fingerprint density at radius 2 is 2.12 bits per heavy atom. The van der Waals surface area contributed by atoms with Crippen LogP contribution in [0, 0.1) is 17.1 Å². The largest absolute Gasteiger partial charge is 0.477 e. The highest BCUT2D eigenvalue weighted by atomic mass is 79.9. The van der Waals surface area contributed by atoms with Crippen molar-refractivity contribution < 1.29 is 18.7 Å². The average Bonchev–Trinajstić information content (AvgIpc) is 2.83. The summed E-state index contributed by atoms with van der Waals surface area (Å²) >= 11 is 3.34. The van der Waals surface area contributed by atoms with E-state index in [4.69, 9.17) is 14.7 Å². The third-order valence-electron chi connectivity index (χ3n) is 3.00. The van der Waals surface area contributed by atoms with E-state index in [-0.39, 0.29) is 11.4 Å². The summed E-state index contributed by atoms with van der Waals surface area (Å²) in [4.78, 5) is 12.4. The van der Waals surface area contributed by atoms with Gasteiger partial charge in [-0.2, -0.15) is 10.4 Å². The Morgan fingerprint density at radius 3 is 2.64 bits per heavy atom. The molecule has 0 amide bonds. The number of nitrogens with zero attached hydrogens (tertiary/aromatic N) is 3. The first-order chi connectivity index (χ1) is 11.7.